The molecule has 4 rings (SSSR count). The van der Waals surface area contributed by atoms with E-state index in [0.29, 0.717) is 39.4 Å². The van der Waals surface area contributed by atoms with Gasteiger partial charge in [0, 0.05) is 27.7 Å². The van der Waals surface area contributed by atoms with Crippen LogP contribution in [0.5, 0.6) is 11.5 Å². The number of rotatable bonds is 7. The first-order valence-electron chi connectivity index (χ1n) is 11.1. The molecular weight excluding hydrogens is 576 g/mol. The first-order valence-corrected chi connectivity index (χ1v) is 13.3. The molecule has 0 heterocycles. The van der Waals surface area contributed by atoms with E-state index in [-0.39, 0.29) is 51.5 Å². The van der Waals surface area contributed by atoms with Gasteiger partial charge >= 0.3 is 29.6 Å². The number of amides is 1. The van der Waals surface area contributed by atoms with Gasteiger partial charge in [0.05, 0.1) is 22.2 Å². The molecule has 0 bridgehead atoms. The number of anilines is 1. The van der Waals surface area contributed by atoms with Gasteiger partial charge in [0.15, 0.2) is 0 Å². The van der Waals surface area contributed by atoms with Crippen molar-refractivity contribution in [3.05, 3.63) is 81.8 Å². The van der Waals surface area contributed by atoms with E-state index in [4.69, 9.17) is 27.9 Å². The van der Waals surface area contributed by atoms with Crippen molar-refractivity contribution in [2.45, 2.75) is 18.7 Å². The van der Waals surface area contributed by atoms with Crippen molar-refractivity contribution in [2.24, 2.45) is 10.2 Å². The third-order valence-electron chi connectivity index (χ3n) is 5.44. The third-order valence-corrected chi connectivity index (χ3v) is 6.77. The Bertz CT molecular complexity index is 1690. The van der Waals surface area contributed by atoms with Crippen LogP contribution in [0.15, 0.2) is 75.8 Å². The number of nitrogens with zero attached hydrogens (tertiary/aromatic N) is 2. The number of benzene rings is 4. The Hall–Kier alpha value is -2.70. The first kappa shape index (κ1) is 30.8. The van der Waals surface area contributed by atoms with Crippen LogP contribution in [-0.4, -0.2) is 25.5 Å². The molecule has 0 radical (unpaired) electrons. The Labute approximate surface area is 256 Å². The van der Waals surface area contributed by atoms with Crippen molar-refractivity contribution in [2.75, 3.05) is 11.9 Å². The molecule has 0 aliphatic rings. The van der Waals surface area contributed by atoms with E-state index in [1.165, 1.54) is 25.1 Å². The van der Waals surface area contributed by atoms with Crippen LogP contribution in [0.25, 0.3) is 10.8 Å². The van der Waals surface area contributed by atoms with Gasteiger partial charge < -0.3 is 15.2 Å². The summed E-state index contributed by atoms with van der Waals surface area (Å²) < 4.78 is 37.7. The normalized spacial score (nSPS) is 11.4. The van der Waals surface area contributed by atoms with E-state index in [2.05, 4.69) is 15.5 Å². The number of hydrogen-bond acceptors (Lipinski definition) is 7. The van der Waals surface area contributed by atoms with Crippen molar-refractivity contribution in [1.82, 2.24) is 0 Å². The maximum Gasteiger partial charge on any atom is 1.00 e. The Balaban J connectivity index is 0.00000420. The van der Waals surface area contributed by atoms with E-state index in [1.54, 1.807) is 36.4 Å². The molecule has 1 amide bonds. The SMILES string of the molecule is CCOc1cc(Cl)cc(NC(=O)c2cc3ccccc3c(N=Nc3c(C)cc(S(=O)(=O)O)cc3Cl)c2[O-])c1.[Na+]. The van der Waals surface area contributed by atoms with E-state index in [1.807, 2.05) is 6.92 Å². The molecule has 39 heavy (non-hydrogen) atoms. The minimum Gasteiger partial charge on any atom is -0.870 e. The van der Waals surface area contributed by atoms with Gasteiger partial charge in [-0.25, -0.2) is 0 Å². The summed E-state index contributed by atoms with van der Waals surface area (Å²) in [4.78, 5) is 12.8. The van der Waals surface area contributed by atoms with Crippen LogP contribution < -0.4 is 44.7 Å². The predicted octanol–water partition coefficient (Wildman–Crippen LogP) is 3.85. The van der Waals surface area contributed by atoms with Crippen molar-refractivity contribution in [3.63, 3.8) is 0 Å². The van der Waals surface area contributed by atoms with Crippen LogP contribution in [0.1, 0.15) is 22.8 Å². The van der Waals surface area contributed by atoms with E-state index < -0.39 is 26.7 Å². The third kappa shape index (κ3) is 7.09. The quantitative estimate of drug-likeness (QED) is 0.189. The zero-order valence-corrected chi connectivity index (χ0v) is 25.4. The van der Waals surface area contributed by atoms with Crippen LogP contribution in [0, 0.1) is 6.92 Å². The number of hydrogen-bond donors (Lipinski definition) is 2. The van der Waals surface area contributed by atoms with Gasteiger partial charge in [-0.1, -0.05) is 53.2 Å². The Morgan fingerprint density at radius 1 is 1.05 bits per heavy atom. The minimum atomic E-state index is -4.48. The van der Waals surface area contributed by atoms with Gasteiger partial charge in [0.1, 0.15) is 11.4 Å². The zero-order chi connectivity index (χ0) is 27.6. The van der Waals surface area contributed by atoms with Gasteiger partial charge in [-0.3, -0.25) is 9.35 Å². The van der Waals surface area contributed by atoms with Gasteiger partial charge in [0.25, 0.3) is 16.0 Å². The topological polar surface area (TPSA) is 140 Å². The number of fused-ring (bicyclic) bond motifs is 1. The summed E-state index contributed by atoms with van der Waals surface area (Å²) in [5, 5.41) is 25.5. The summed E-state index contributed by atoms with van der Waals surface area (Å²) in [7, 11) is -4.48. The fourth-order valence-electron chi connectivity index (χ4n) is 3.74. The molecule has 0 unspecified atom stereocenters. The fourth-order valence-corrected chi connectivity index (χ4v) is 4.93. The van der Waals surface area contributed by atoms with Gasteiger partial charge in [0.2, 0.25) is 0 Å². The number of halogens is 2. The molecule has 0 saturated carbocycles. The summed E-state index contributed by atoms with van der Waals surface area (Å²) in [6.07, 6.45) is 0. The fraction of sp³-hybridized carbons (Fsp3) is 0.115. The second-order valence-electron chi connectivity index (χ2n) is 8.13. The second kappa shape index (κ2) is 12.6. The second-order valence-corrected chi connectivity index (χ2v) is 10.4. The van der Waals surface area contributed by atoms with Gasteiger partial charge in [-0.05, 0) is 55.1 Å². The summed E-state index contributed by atoms with van der Waals surface area (Å²) in [5.74, 6) is -0.910. The number of ether oxygens (including phenoxy) is 1. The maximum absolute atomic E-state index is 13.4. The van der Waals surface area contributed by atoms with E-state index in [0.717, 1.165) is 6.07 Å². The van der Waals surface area contributed by atoms with Crippen LogP contribution in [-0.2, 0) is 10.1 Å². The molecule has 13 heteroatoms. The molecule has 0 aliphatic heterocycles. The van der Waals surface area contributed by atoms with Crippen LogP contribution in [0.2, 0.25) is 10.0 Å². The van der Waals surface area contributed by atoms with Crippen LogP contribution >= 0.6 is 23.2 Å². The standard InChI is InChI=1S/C26H21Cl2N3O6S.Na/c1-3-37-18-11-16(27)10-17(12-18)29-26(33)21-9-15-6-4-5-7-20(15)24(25(21)32)31-30-23-14(2)8-19(13-22(23)28)38(34,35)36;/h4-13,32H,3H2,1-2H3,(H,29,33)(H,34,35,36);/q;+1/p-1. The van der Waals surface area contributed by atoms with Crippen molar-refractivity contribution in [3.8, 4) is 11.5 Å². The van der Waals surface area contributed by atoms with E-state index in [9.17, 15) is 22.9 Å². The monoisotopic (exact) mass is 595 g/mol. The average molecular weight is 596 g/mol. The first-order chi connectivity index (χ1) is 18.0. The van der Waals surface area contributed by atoms with Gasteiger partial charge in [-0.2, -0.15) is 13.5 Å². The molecule has 0 atom stereocenters. The molecular formula is C26H20Cl2N3NaO6S. The summed E-state index contributed by atoms with van der Waals surface area (Å²) >= 11 is 12.3. The molecule has 4 aromatic rings. The number of nitrogens with one attached hydrogen (secondary N) is 1. The number of aryl methyl sites for hydroxylation is 1. The largest absolute Gasteiger partial charge is 1.00 e. The van der Waals surface area contributed by atoms with Crippen molar-refractivity contribution < 1.29 is 57.2 Å². The summed E-state index contributed by atoms with van der Waals surface area (Å²) in [5.41, 5.74) is 0.442. The van der Waals surface area contributed by atoms with Crippen LogP contribution in [0.3, 0.4) is 0 Å². The maximum atomic E-state index is 13.4. The predicted molar refractivity (Wildman–Crippen MR) is 144 cm³/mol. The molecule has 0 spiro atoms. The smallest absolute Gasteiger partial charge is 0.870 e. The molecule has 0 aromatic heterocycles. The van der Waals surface area contributed by atoms with Crippen molar-refractivity contribution >= 4 is 67.1 Å². The van der Waals surface area contributed by atoms with E-state index >= 15 is 0 Å². The number of azo groups is 1. The molecule has 2 N–H and O–H groups in total. The Morgan fingerprint density at radius 3 is 2.41 bits per heavy atom. The van der Waals surface area contributed by atoms with Gasteiger partial charge in [-0.15, -0.1) is 5.11 Å². The molecule has 196 valence electrons. The molecule has 0 fully saturated rings. The average Bonchev–Trinajstić information content (AvgIpc) is 2.83. The number of carbonyl (C=O) groups is 1. The summed E-state index contributed by atoms with van der Waals surface area (Å²) in [6.45, 7) is 3.74. The summed E-state index contributed by atoms with van der Waals surface area (Å²) in [6, 6.07) is 15.2. The molecule has 0 aliphatic carbocycles. The van der Waals surface area contributed by atoms with Crippen LogP contribution in [0.4, 0.5) is 17.1 Å². The van der Waals surface area contributed by atoms with Crippen molar-refractivity contribution in [1.29, 1.82) is 0 Å². The number of carbonyl (C=O) groups excluding carboxylic acids is 1. The molecule has 0 saturated heterocycles. The minimum absolute atomic E-state index is 0. The molecule has 9 nitrogen and oxygen atoms in total. The Morgan fingerprint density at radius 2 is 1.74 bits per heavy atom. The molecule has 4 aromatic carbocycles. The zero-order valence-electron chi connectivity index (χ0n) is 21.0. The Kier molecular flexibility index (Phi) is 10.0.